The maximum atomic E-state index is 13.3. The molecule has 0 unspecified atom stereocenters. The Labute approximate surface area is 206 Å². The highest BCUT2D eigenvalue weighted by Crippen LogP contribution is 2.32. The second kappa shape index (κ2) is 9.03. The molecular formula is C23H15N5O7S. The Kier molecular flexibility index (Phi) is 5.74. The van der Waals surface area contributed by atoms with Crippen LogP contribution >= 0.6 is 11.3 Å². The van der Waals surface area contributed by atoms with E-state index >= 15 is 0 Å². The minimum atomic E-state index is -0.729. The molecule has 0 saturated carbocycles. The number of benzene rings is 2. The number of fused-ring (bicyclic) bond motifs is 2. The third kappa shape index (κ3) is 4.07. The predicted octanol–water partition coefficient (Wildman–Crippen LogP) is 3.47. The monoisotopic (exact) mass is 505 g/mol. The van der Waals surface area contributed by atoms with Crippen molar-refractivity contribution in [1.82, 2.24) is 9.88 Å². The molecule has 3 amide bonds. The van der Waals surface area contributed by atoms with Gasteiger partial charge in [-0.3, -0.25) is 29.4 Å². The maximum absolute atomic E-state index is 13.3. The molecule has 0 N–H and O–H groups in total. The number of nitrogens with zero attached hydrogens (tertiary/aromatic N) is 5. The van der Waals surface area contributed by atoms with E-state index in [0.717, 1.165) is 33.5 Å². The molecule has 4 aromatic rings. The quantitative estimate of drug-likeness (QED) is 0.160. The molecule has 12 nitrogen and oxygen atoms in total. The molecule has 36 heavy (non-hydrogen) atoms. The number of carbonyl (C=O) groups is 3. The van der Waals surface area contributed by atoms with Crippen LogP contribution in [0.25, 0.3) is 10.2 Å². The van der Waals surface area contributed by atoms with Crippen molar-refractivity contribution in [2.75, 3.05) is 18.7 Å². The van der Waals surface area contributed by atoms with Gasteiger partial charge in [0.15, 0.2) is 5.76 Å². The molecule has 13 heteroatoms. The standard InChI is InChI=1S/C23H15N5O7S/c1-34-13-6-8-17-18(10-13)36-23(25-17)27(24-11-14-7-9-20(35-14)28(32)33)19(29)12-26-21(30)15-4-2-3-5-16(15)22(26)31/h2-11H,12H2,1H3/b24-11+. The Hall–Kier alpha value is -4.91. The van der Waals surface area contributed by atoms with Gasteiger partial charge in [-0.1, -0.05) is 23.5 Å². The average Bonchev–Trinajstić information content (AvgIpc) is 3.58. The molecule has 3 heterocycles. The second-order valence-electron chi connectivity index (χ2n) is 7.46. The van der Waals surface area contributed by atoms with E-state index < -0.39 is 35.1 Å². The lowest BCUT2D eigenvalue weighted by atomic mass is 10.1. The molecule has 0 aliphatic carbocycles. The number of imide groups is 1. The molecule has 2 aromatic heterocycles. The number of hydrogen-bond donors (Lipinski definition) is 0. The van der Waals surface area contributed by atoms with Gasteiger partial charge in [0.25, 0.3) is 17.7 Å². The van der Waals surface area contributed by atoms with Crippen LogP contribution in [0.15, 0.2) is 64.1 Å². The number of thiazole rings is 1. The first kappa shape index (κ1) is 22.9. The maximum Gasteiger partial charge on any atom is 0.433 e. The molecule has 0 radical (unpaired) electrons. The molecule has 1 aliphatic heterocycles. The molecule has 0 atom stereocenters. The fraction of sp³-hybridized carbons (Fsp3) is 0.0870. The SMILES string of the molecule is COc1ccc2nc(N(/N=C/c3ccc([N+](=O)[O-])o3)C(=O)CN3C(=O)c4ccccc4C3=O)sc2c1. The van der Waals surface area contributed by atoms with Crippen molar-refractivity contribution in [3.63, 3.8) is 0 Å². The number of amides is 3. The van der Waals surface area contributed by atoms with Crippen LogP contribution in [0.3, 0.4) is 0 Å². The number of aromatic nitrogens is 1. The van der Waals surface area contributed by atoms with Crippen molar-refractivity contribution >= 4 is 56.5 Å². The first-order chi connectivity index (χ1) is 17.4. The van der Waals surface area contributed by atoms with Gasteiger partial charge in [0.05, 0.1) is 40.7 Å². The van der Waals surface area contributed by atoms with E-state index in [4.69, 9.17) is 9.15 Å². The van der Waals surface area contributed by atoms with Crippen molar-refractivity contribution in [2.45, 2.75) is 0 Å². The van der Waals surface area contributed by atoms with Crippen LogP contribution in [0, 0.1) is 10.1 Å². The van der Waals surface area contributed by atoms with Crippen LogP contribution in [-0.2, 0) is 4.79 Å². The number of hydrogen-bond acceptors (Lipinski definition) is 10. The second-order valence-corrected chi connectivity index (χ2v) is 8.46. The minimum absolute atomic E-state index is 0.0167. The van der Waals surface area contributed by atoms with Gasteiger partial charge in [0, 0.05) is 0 Å². The zero-order valence-electron chi connectivity index (χ0n) is 18.5. The zero-order valence-corrected chi connectivity index (χ0v) is 19.3. The summed E-state index contributed by atoms with van der Waals surface area (Å²) in [7, 11) is 1.52. The summed E-state index contributed by atoms with van der Waals surface area (Å²) in [6, 6.07) is 13.9. The third-order valence-electron chi connectivity index (χ3n) is 5.27. The molecule has 0 spiro atoms. The number of hydrazone groups is 1. The molecule has 2 aromatic carbocycles. The van der Waals surface area contributed by atoms with E-state index in [-0.39, 0.29) is 22.0 Å². The summed E-state index contributed by atoms with van der Waals surface area (Å²) in [6.45, 7) is -0.596. The van der Waals surface area contributed by atoms with E-state index in [9.17, 15) is 24.5 Å². The molecule has 1 aliphatic rings. The number of furan rings is 1. The van der Waals surface area contributed by atoms with E-state index in [2.05, 4.69) is 10.1 Å². The highest BCUT2D eigenvalue weighted by atomic mass is 32.1. The van der Waals surface area contributed by atoms with E-state index in [1.54, 1.807) is 30.3 Å². The summed E-state index contributed by atoms with van der Waals surface area (Å²) in [5, 5.41) is 16.1. The van der Waals surface area contributed by atoms with Gasteiger partial charge in [0.1, 0.15) is 17.2 Å². The number of nitro groups is 1. The Morgan fingerprint density at radius 3 is 2.56 bits per heavy atom. The lowest BCUT2D eigenvalue weighted by Gasteiger charge is -2.18. The fourth-order valence-electron chi connectivity index (χ4n) is 3.54. The minimum Gasteiger partial charge on any atom is -0.497 e. The van der Waals surface area contributed by atoms with Crippen LogP contribution in [0.4, 0.5) is 11.0 Å². The van der Waals surface area contributed by atoms with Gasteiger partial charge in [-0.15, -0.1) is 0 Å². The van der Waals surface area contributed by atoms with E-state index in [1.807, 2.05) is 0 Å². The predicted molar refractivity (Wildman–Crippen MR) is 128 cm³/mol. The van der Waals surface area contributed by atoms with Crippen LogP contribution < -0.4 is 9.75 Å². The first-order valence-corrected chi connectivity index (χ1v) is 11.2. The molecular weight excluding hydrogens is 490 g/mol. The van der Waals surface area contributed by atoms with Gasteiger partial charge in [-0.05, 0) is 36.4 Å². The van der Waals surface area contributed by atoms with Crippen LogP contribution in [-0.4, -0.2) is 52.4 Å². The Morgan fingerprint density at radius 1 is 1.19 bits per heavy atom. The summed E-state index contributed by atoms with van der Waals surface area (Å²) < 4.78 is 11.0. The van der Waals surface area contributed by atoms with Gasteiger partial charge < -0.3 is 9.15 Å². The van der Waals surface area contributed by atoms with Crippen molar-refractivity contribution in [3.8, 4) is 5.75 Å². The molecule has 0 bridgehead atoms. The molecule has 5 rings (SSSR count). The Balaban J connectivity index is 1.48. The number of rotatable bonds is 7. The Bertz CT molecular complexity index is 1540. The number of carbonyl (C=O) groups excluding carboxylic acids is 3. The highest BCUT2D eigenvalue weighted by Gasteiger charge is 2.37. The summed E-state index contributed by atoms with van der Waals surface area (Å²) in [4.78, 5) is 54.3. The lowest BCUT2D eigenvalue weighted by molar-refractivity contribution is -0.402. The number of anilines is 1. The topological polar surface area (TPSA) is 148 Å². The third-order valence-corrected chi connectivity index (χ3v) is 6.26. The Morgan fingerprint density at radius 2 is 1.92 bits per heavy atom. The highest BCUT2D eigenvalue weighted by molar-refractivity contribution is 7.22. The summed E-state index contributed by atoms with van der Waals surface area (Å²) in [6.07, 6.45) is 1.11. The lowest BCUT2D eigenvalue weighted by Crippen LogP contribution is -2.41. The largest absolute Gasteiger partial charge is 0.497 e. The van der Waals surface area contributed by atoms with Gasteiger partial charge in [0.2, 0.25) is 5.13 Å². The van der Waals surface area contributed by atoms with Crippen molar-refractivity contribution in [2.24, 2.45) is 5.10 Å². The summed E-state index contributed by atoms with van der Waals surface area (Å²) >= 11 is 1.13. The van der Waals surface area contributed by atoms with Crippen molar-refractivity contribution < 1.29 is 28.5 Å². The number of methoxy groups -OCH3 is 1. The normalized spacial score (nSPS) is 13.0. The van der Waals surface area contributed by atoms with Crippen LogP contribution in [0.2, 0.25) is 0 Å². The smallest absolute Gasteiger partial charge is 0.433 e. The molecule has 0 saturated heterocycles. The molecule has 180 valence electrons. The van der Waals surface area contributed by atoms with Crippen LogP contribution in [0.5, 0.6) is 5.75 Å². The van der Waals surface area contributed by atoms with Crippen molar-refractivity contribution in [3.05, 3.63) is 81.6 Å². The van der Waals surface area contributed by atoms with Gasteiger partial charge in [-0.2, -0.15) is 10.1 Å². The van der Waals surface area contributed by atoms with E-state index in [1.165, 1.54) is 25.3 Å². The van der Waals surface area contributed by atoms with Gasteiger partial charge >= 0.3 is 5.88 Å². The first-order valence-electron chi connectivity index (χ1n) is 10.4. The van der Waals surface area contributed by atoms with Crippen molar-refractivity contribution in [1.29, 1.82) is 0 Å². The number of ether oxygens (including phenoxy) is 1. The summed E-state index contributed by atoms with van der Waals surface area (Å²) in [5.41, 5.74) is 0.985. The summed E-state index contributed by atoms with van der Waals surface area (Å²) in [5.74, 6) is -1.80. The fourth-order valence-corrected chi connectivity index (χ4v) is 4.51. The average molecular weight is 505 g/mol. The van der Waals surface area contributed by atoms with Crippen LogP contribution in [0.1, 0.15) is 26.5 Å². The molecule has 0 fully saturated rings. The zero-order chi connectivity index (χ0) is 25.4. The van der Waals surface area contributed by atoms with E-state index in [0.29, 0.717) is 16.0 Å². The van der Waals surface area contributed by atoms with Gasteiger partial charge in [-0.25, -0.2) is 4.98 Å².